The van der Waals surface area contributed by atoms with Crippen LogP contribution in [0, 0.1) is 0 Å². The van der Waals surface area contributed by atoms with Gasteiger partial charge in [0.1, 0.15) is 0 Å². The highest BCUT2D eigenvalue weighted by atomic mass is 35.5. The second-order valence-corrected chi connectivity index (χ2v) is 7.60. The topological polar surface area (TPSA) is 132 Å². The van der Waals surface area contributed by atoms with Crippen molar-refractivity contribution in [2.75, 3.05) is 5.32 Å². The molecular weight excluding hydrogens is 487 g/mol. The van der Waals surface area contributed by atoms with E-state index in [2.05, 4.69) is 10.3 Å². The van der Waals surface area contributed by atoms with Crippen molar-refractivity contribution < 1.29 is 33.8 Å². The molecule has 3 rings (SSSR count). The summed E-state index contributed by atoms with van der Waals surface area (Å²) in [4.78, 5) is 53.9. The highest BCUT2D eigenvalue weighted by Gasteiger charge is 2.41. The first-order valence-electron chi connectivity index (χ1n) is 9.61. The van der Waals surface area contributed by atoms with Gasteiger partial charge in [0.05, 0.1) is 11.1 Å². The van der Waals surface area contributed by atoms with Crippen LogP contribution in [0.1, 0.15) is 20.7 Å². The van der Waals surface area contributed by atoms with Gasteiger partial charge in [-0.2, -0.15) is 0 Å². The summed E-state index contributed by atoms with van der Waals surface area (Å²) in [6, 6.07) is 13.8. The normalized spacial score (nSPS) is 12.2. The first kappa shape index (κ1) is 24.7. The number of carboxylic acids is 1. The SMILES string of the molecule is O=C(O[C@H](C(=O)O)[C@H](OC(=O)c1ccc(Cl)cc1)C(=O)Nc1ccncc1)c1ccc(Cl)cc1. The number of halogens is 2. The van der Waals surface area contributed by atoms with Crippen molar-refractivity contribution in [3.63, 3.8) is 0 Å². The lowest BCUT2D eigenvalue weighted by Gasteiger charge is -2.23. The highest BCUT2D eigenvalue weighted by molar-refractivity contribution is 6.31. The Bertz CT molecular complexity index is 1190. The quantitative estimate of drug-likeness (QED) is 0.443. The van der Waals surface area contributed by atoms with Crippen LogP contribution in [0.5, 0.6) is 0 Å². The molecule has 174 valence electrons. The summed E-state index contributed by atoms with van der Waals surface area (Å²) in [7, 11) is 0. The molecule has 11 heteroatoms. The number of carbonyl (C=O) groups excluding carboxylic acids is 3. The third-order valence-electron chi connectivity index (χ3n) is 4.35. The van der Waals surface area contributed by atoms with E-state index in [9.17, 15) is 24.3 Å². The average molecular weight is 503 g/mol. The van der Waals surface area contributed by atoms with Gasteiger partial charge in [-0.25, -0.2) is 14.4 Å². The number of aromatic nitrogens is 1. The minimum atomic E-state index is -2.17. The number of amides is 1. The van der Waals surface area contributed by atoms with Crippen LogP contribution in [0.4, 0.5) is 5.69 Å². The van der Waals surface area contributed by atoms with Crippen LogP contribution in [0.2, 0.25) is 10.0 Å². The van der Waals surface area contributed by atoms with E-state index in [1.807, 2.05) is 0 Å². The van der Waals surface area contributed by atoms with Crippen molar-refractivity contribution in [1.82, 2.24) is 4.98 Å². The number of anilines is 1. The van der Waals surface area contributed by atoms with Gasteiger partial charge in [0.15, 0.2) is 0 Å². The number of nitrogens with one attached hydrogen (secondary N) is 1. The van der Waals surface area contributed by atoms with Crippen LogP contribution in [0.15, 0.2) is 73.1 Å². The second kappa shape index (κ2) is 11.3. The summed E-state index contributed by atoms with van der Waals surface area (Å²) in [5.41, 5.74) is 0.230. The zero-order valence-electron chi connectivity index (χ0n) is 17.2. The molecule has 1 amide bonds. The molecule has 0 aliphatic rings. The number of esters is 2. The Morgan fingerprint density at radius 3 is 1.62 bits per heavy atom. The van der Waals surface area contributed by atoms with Crippen molar-refractivity contribution >= 4 is 52.7 Å². The van der Waals surface area contributed by atoms with E-state index in [1.165, 1.54) is 73.1 Å². The van der Waals surface area contributed by atoms with Gasteiger partial charge in [-0.3, -0.25) is 9.78 Å². The summed E-state index contributed by atoms with van der Waals surface area (Å²) in [5.74, 6) is -4.83. The lowest BCUT2D eigenvalue weighted by Crippen LogP contribution is -2.48. The molecule has 2 atom stereocenters. The van der Waals surface area contributed by atoms with Crippen LogP contribution in [0.3, 0.4) is 0 Å². The summed E-state index contributed by atoms with van der Waals surface area (Å²) in [6.07, 6.45) is -1.43. The van der Waals surface area contributed by atoms with E-state index in [-0.39, 0.29) is 16.8 Å². The van der Waals surface area contributed by atoms with Gasteiger partial charge >= 0.3 is 17.9 Å². The second-order valence-electron chi connectivity index (χ2n) is 6.73. The van der Waals surface area contributed by atoms with Crippen molar-refractivity contribution in [3.8, 4) is 0 Å². The number of carboxylic acid groups (broad SMARTS) is 1. The number of hydrogen-bond donors (Lipinski definition) is 2. The molecule has 34 heavy (non-hydrogen) atoms. The molecule has 0 fully saturated rings. The van der Waals surface area contributed by atoms with E-state index in [1.54, 1.807) is 0 Å². The van der Waals surface area contributed by atoms with Crippen molar-refractivity contribution in [3.05, 3.63) is 94.2 Å². The van der Waals surface area contributed by atoms with Gasteiger partial charge in [0, 0.05) is 28.1 Å². The Balaban J connectivity index is 1.89. The number of benzene rings is 2. The fourth-order valence-corrected chi connectivity index (χ4v) is 2.93. The van der Waals surface area contributed by atoms with Crippen LogP contribution in [-0.4, -0.2) is 46.1 Å². The number of rotatable bonds is 8. The fraction of sp³-hybridized carbons (Fsp3) is 0.0870. The standard InChI is InChI=1S/C23H16Cl2N2O7/c24-15-5-1-13(2-6-15)22(31)33-18(20(28)27-17-9-11-26-12-10-17)19(21(29)30)34-23(32)14-3-7-16(25)8-4-14/h1-12,18-19H,(H,29,30)(H,26,27,28)/t18-,19-/m0/s1. The van der Waals surface area contributed by atoms with Gasteiger partial charge in [-0.05, 0) is 60.7 Å². The van der Waals surface area contributed by atoms with E-state index in [4.69, 9.17) is 32.7 Å². The van der Waals surface area contributed by atoms with Gasteiger partial charge in [-0.1, -0.05) is 23.2 Å². The van der Waals surface area contributed by atoms with Crippen molar-refractivity contribution in [2.45, 2.75) is 12.2 Å². The van der Waals surface area contributed by atoms with E-state index >= 15 is 0 Å². The molecule has 0 saturated heterocycles. The molecule has 3 aromatic rings. The molecule has 0 unspecified atom stereocenters. The van der Waals surface area contributed by atoms with Crippen molar-refractivity contribution in [1.29, 1.82) is 0 Å². The Kier molecular flexibility index (Phi) is 8.18. The zero-order chi connectivity index (χ0) is 24.7. The number of hydrogen-bond acceptors (Lipinski definition) is 7. The first-order valence-corrected chi connectivity index (χ1v) is 10.4. The minimum absolute atomic E-state index is 0.000669. The molecule has 9 nitrogen and oxygen atoms in total. The predicted octanol–water partition coefficient (Wildman–Crippen LogP) is 3.86. The molecule has 2 aromatic carbocycles. The Hall–Kier alpha value is -3.95. The maximum absolute atomic E-state index is 12.9. The minimum Gasteiger partial charge on any atom is -0.478 e. The first-order chi connectivity index (χ1) is 16.2. The Morgan fingerprint density at radius 1 is 0.735 bits per heavy atom. The highest BCUT2D eigenvalue weighted by Crippen LogP contribution is 2.18. The molecule has 1 heterocycles. The van der Waals surface area contributed by atoms with Gasteiger partial charge in [0.25, 0.3) is 5.91 Å². The number of pyridine rings is 1. The fourth-order valence-electron chi connectivity index (χ4n) is 2.68. The predicted molar refractivity (Wildman–Crippen MR) is 122 cm³/mol. The number of ether oxygens (including phenoxy) is 2. The molecule has 0 saturated carbocycles. The Labute approximate surface area is 203 Å². The molecule has 2 N–H and O–H groups in total. The monoisotopic (exact) mass is 502 g/mol. The van der Waals surface area contributed by atoms with Crippen LogP contribution in [0.25, 0.3) is 0 Å². The summed E-state index contributed by atoms with van der Waals surface area (Å²) < 4.78 is 10.3. The molecule has 0 spiro atoms. The average Bonchev–Trinajstić information content (AvgIpc) is 2.82. The van der Waals surface area contributed by atoms with E-state index < -0.39 is 36.0 Å². The molecular formula is C23H16Cl2N2O7. The third kappa shape index (κ3) is 6.53. The van der Waals surface area contributed by atoms with Gasteiger partial charge in [-0.15, -0.1) is 0 Å². The van der Waals surface area contributed by atoms with Crippen LogP contribution in [-0.2, 0) is 19.1 Å². The summed E-state index contributed by atoms with van der Waals surface area (Å²) in [5, 5.41) is 12.8. The van der Waals surface area contributed by atoms with E-state index in [0.29, 0.717) is 10.0 Å². The molecule has 0 aliphatic carbocycles. The molecule has 1 aromatic heterocycles. The number of nitrogens with zero attached hydrogens (tertiary/aromatic N) is 1. The lowest BCUT2D eigenvalue weighted by molar-refractivity contribution is -0.157. The van der Waals surface area contributed by atoms with E-state index in [0.717, 1.165) is 0 Å². The molecule has 0 radical (unpaired) electrons. The lowest BCUT2D eigenvalue weighted by atomic mass is 10.1. The van der Waals surface area contributed by atoms with Crippen LogP contribution < -0.4 is 5.32 Å². The smallest absolute Gasteiger partial charge is 0.349 e. The third-order valence-corrected chi connectivity index (χ3v) is 4.86. The molecule has 0 bridgehead atoms. The zero-order valence-corrected chi connectivity index (χ0v) is 18.7. The van der Waals surface area contributed by atoms with Gasteiger partial charge < -0.3 is 19.9 Å². The maximum Gasteiger partial charge on any atom is 0.349 e. The maximum atomic E-state index is 12.9. The Morgan fingerprint density at radius 2 is 1.18 bits per heavy atom. The summed E-state index contributed by atoms with van der Waals surface area (Å²) >= 11 is 11.6. The number of carbonyl (C=O) groups is 4. The number of aliphatic carboxylic acids is 1. The molecule has 0 aliphatic heterocycles. The van der Waals surface area contributed by atoms with Crippen molar-refractivity contribution in [2.24, 2.45) is 0 Å². The van der Waals surface area contributed by atoms with Crippen LogP contribution >= 0.6 is 23.2 Å². The summed E-state index contributed by atoms with van der Waals surface area (Å²) in [6.45, 7) is 0. The largest absolute Gasteiger partial charge is 0.478 e. The van der Waals surface area contributed by atoms with Gasteiger partial charge in [0.2, 0.25) is 12.2 Å².